The van der Waals surface area contributed by atoms with Gasteiger partial charge in [-0.15, -0.1) is 0 Å². The second kappa shape index (κ2) is 8.89. The molecule has 0 aliphatic heterocycles. The van der Waals surface area contributed by atoms with Crippen molar-refractivity contribution in [2.24, 2.45) is 28.6 Å². The first kappa shape index (κ1) is 25.8. The fourth-order valence-electron chi connectivity index (χ4n) is 8.21. The lowest BCUT2D eigenvalue weighted by Crippen LogP contribution is -2.50. The molecule has 2 saturated carbocycles. The molecule has 37 heavy (non-hydrogen) atoms. The molecule has 0 radical (unpaired) electrons. The minimum Gasteiger partial charge on any atom is -0.388 e. The maximum atomic E-state index is 13.3. The molecule has 5 rings (SSSR count). The van der Waals surface area contributed by atoms with E-state index in [9.17, 15) is 22.8 Å². The molecule has 6 atom stereocenters. The number of hydrogen-bond acceptors (Lipinski definition) is 3. The third-order valence-electron chi connectivity index (χ3n) is 9.91. The Kier molecular flexibility index (Phi) is 6.21. The van der Waals surface area contributed by atoms with Gasteiger partial charge in [0.05, 0.1) is 5.41 Å². The van der Waals surface area contributed by atoms with Crippen LogP contribution in [-0.4, -0.2) is 24.8 Å². The van der Waals surface area contributed by atoms with E-state index >= 15 is 0 Å². The van der Waals surface area contributed by atoms with Gasteiger partial charge in [0.25, 0.3) is 0 Å². The van der Waals surface area contributed by atoms with Crippen LogP contribution >= 0.6 is 0 Å². The van der Waals surface area contributed by atoms with Gasteiger partial charge in [-0.1, -0.05) is 37.5 Å². The zero-order valence-corrected chi connectivity index (χ0v) is 21.9. The van der Waals surface area contributed by atoms with Crippen molar-refractivity contribution < 1.29 is 22.8 Å². The van der Waals surface area contributed by atoms with Gasteiger partial charge in [-0.3, -0.25) is 9.59 Å². The highest BCUT2D eigenvalue weighted by molar-refractivity contribution is 5.93. The van der Waals surface area contributed by atoms with E-state index in [-0.39, 0.29) is 35.2 Å². The molecule has 3 nitrogen and oxygen atoms in total. The van der Waals surface area contributed by atoms with E-state index in [1.807, 2.05) is 32.2 Å². The number of nitrogens with one attached hydrogen (secondary N) is 1. The molecular weight excluding hydrogens is 475 g/mol. The van der Waals surface area contributed by atoms with Crippen LogP contribution in [0.2, 0.25) is 0 Å². The number of hydrogen-bond donors (Lipinski definition) is 1. The summed E-state index contributed by atoms with van der Waals surface area (Å²) in [5.74, 6) is 4.30. The van der Waals surface area contributed by atoms with E-state index in [4.69, 9.17) is 0 Å². The molecule has 0 amide bonds. The number of carbonyl (C=O) groups is 2. The Bertz CT molecular complexity index is 1260. The van der Waals surface area contributed by atoms with Crippen molar-refractivity contribution in [3.8, 4) is 11.8 Å². The first-order chi connectivity index (χ1) is 17.4. The summed E-state index contributed by atoms with van der Waals surface area (Å²) in [6, 6.07) is 8.22. The molecule has 0 saturated heterocycles. The van der Waals surface area contributed by atoms with Crippen molar-refractivity contribution in [1.82, 2.24) is 0 Å². The molecule has 0 heterocycles. The first-order valence-electron chi connectivity index (χ1n) is 13.3. The second-order valence-corrected chi connectivity index (χ2v) is 11.6. The van der Waals surface area contributed by atoms with E-state index in [2.05, 4.69) is 30.3 Å². The number of alkyl halides is 3. The Morgan fingerprint density at radius 3 is 2.49 bits per heavy atom. The van der Waals surface area contributed by atoms with Gasteiger partial charge >= 0.3 is 6.18 Å². The van der Waals surface area contributed by atoms with Crippen molar-refractivity contribution in [3.05, 3.63) is 52.6 Å². The lowest BCUT2D eigenvalue weighted by Gasteiger charge is -2.55. The van der Waals surface area contributed by atoms with Gasteiger partial charge in [-0.2, -0.15) is 13.2 Å². The summed E-state index contributed by atoms with van der Waals surface area (Å²) in [6.45, 7) is 5.59. The van der Waals surface area contributed by atoms with Crippen molar-refractivity contribution in [2.75, 3.05) is 12.4 Å². The molecular formula is C31H34F3NO2. The van der Waals surface area contributed by atoms with E-state index < -0.39 is 17.0 Å². The number of anilines is 1. The fraction of sp³-hybridized carbons (Fsp3) is 0.548. The SMILES string of the molecule is CNc1ccc([C@H]2C[C@@]3(C)[C@@H](CC[C@]3(C#CC(F)(F)F)C(C)=O)[C@@H]3CC(C)C4=CC(=O)CCC4=C32)cc1. The van der Waals surface area contributed by atoms with Crippen LogP contribution in [-0.2, 0) is 9.59 Å². The van der Waals surface area contributed by atoms with E-state index in [1.54, 1.807) is 0 Å². The highest BCUT2D eigenvalue weighted by Gasteiger charge is 2.65. The van der Waals surface area contributed by atoms with Gasteiger partial charge in [0, 0.05) is 31.0 Å². The van der Waals surface area contributed by atoms with Crippen molar-refractivity contribution in [2.45, 2.75) is 71.4 Å². The van der Waals surface area contributed by atoms with Gasteiger partial charge in [-0.25, -0.2) is 0 Å². The van der Waals surface area contributed by atoms with E-state index in [1.165, 1.54) is 24.0 Å². The second-order valence-electron chi connectivity index (χ2n) is 11.6. The Labute approximate surface area is 217 Å². The number of Topliss-reactive ketones (excluding diaryl/α,β-unsaturated/α-hetero) is 1. The van der Waals surface area contributed by atoms with Gasteiger partial charge in [0.15, 0.2) is 5.78 Å². The highest BCUT2D eigenvalue weighted by Crippen LogP contribution is 2.70. The smallest absolute Gasteiger partial charge is 0.388 e. The van der Waals surface area contributed by atoms with E-state index in [0.717, 1.165) is 23.2 Å². The third kappa shape index (κ3) is 4.06. The Morgan fingerprint density at radius 1 is 1.16 bits per heavy atom. The summed E-state index contributed by atoms with van der Waals surface area (Å²) in [4.78, 5) is 25.6. The minimum atomic E-state index is -4.64. The van der Waals surface area contributed by atoms with E-state index in [0.29, 0.717) is 32.1 Å². The van der Waals surface area contributed by atoms with Crippen molar-refractivity contribution in [3.63, 3.8) is 0 Å². The van der Waals surface area contributed by atoms with Crippen LogP contribution in [0, 0.1) is 40.4 Å². The predicted molar refractivity (Wildman–Crippen MR) is 138 cm³/mol. The molecule has 0 spiro atoms. The zero-order valence-electron chi connectivity index (χ0n) is 21.9. The molecule has 196 valence electrons. The fourth-order valence-corrected chi connectivity index (χ4v) is 8.21. The average molecular weight is 510 g/mol. The summed E-state index contributed by atoms with van der Waals surface area (Å²) in [7, 11) is 1.86. The molecule has 1 aromatic carbocycles. The van der Waals surface area contributed by atoms with Crippen LogP contribution in [0.1, 0.15) is 70.8 Å². The summed E-state index contributed by atoms with van der Waals surface area (Å²) < 4.78 is 39.9. The number of halogens is 3. The highest BCUT2D eigenvalue weighted by atomic mass is 19.4. The molecule has 0 bridgehead atoms. The predicted octanol–water partition coefficient (Wildman–Crippen LogP) is 7.01. The molecule has 6 heteroatoms. The summed E-state index contributed by atoms with van der Waals surface area (Å²) >= 11 is 0. The quantitative estimate of drug-likeness (QED) is 0.446. The normalized spacial score (nSPS) is 35.0. The van der Waals surface area contributed by atoms with Crippen LogP contribution in [0.3, 0.4) is 0 Å². The number of rotatable bonds is 3. The molecule has 1 N–H and O–H groups in total. The first-order valence-corrected chi connectivity index (χ1v) is 13.3. The Balaban J connectivity index is 1.72. The molecule has 4 aliphatic carbocycles. The van der Waals surface area contributed by atoms with Crippen LogP contribution < -0.4 is 5.32 Å². The van der Waals surface area contributed by atoms with Gasteiger partial charge < -0.3 is 5.32 Å². The maximum Gasteiger partial charge on any atom is 0.457 e. The van der Waals surface area contributed by atoms with Crippen LogP contribution in [0.4, 0.5) is 18.9 Å². The number of carbonyl (C=O) groups excluding carboxylic acids is 2. The topological polar surface area (TPSA) is 46.2 Å². The molecule has 1 unspecified atom stereocenters. The summed E-state index contributed by atoms with van der Waals surface area (Å²) in [6.07, 6.45) is 0.814. The summed E-state index contributed by atoms with van der Waals surface area (Å²) in [5, 5.41) is 3.14. The van der Waals surface area contributed by atoms with Crippen LogP contribution in [0.15, 0.2) is 47.1 Å². The zero-order chi connectivity index (χ0) is 26.8. The third-order valence-corrected chi connectivity index (χ3v) is 9.91. The van der Waals surface area contributed by atoms with Crippen LogP contribution in [0.25, 0.3) is 0 Å². The van der Waals surface area contributed by atoms with Gasteiger partial charge in [-0.05, 0) is 97.1 Å². The van der Waals surface area contributed by atoms with Crippen molar-refractivity contribution in [1.29, 1.82) is 0 Å². The lowest BCUT2D eigenvalue weighted by molar-refractivity contribution is -0.130. The van der Waals surface area contributed by atoms with Crippen molar-refractivity contribution >= 4 is 17.3 Å². The monoisotopic (exact) mass is 509 g/mol. The van der Waals surface area contributed by atoms with Crippen LogP contribution in [0.5, 0.6) is 0 Å². The Hall–Kier alpha value is -2.81. The lowest BCUT2D eigenvalue weighted by atomic mass is 9.47. The number of fused-ring (bicyclic) bond motifs is 4. The molecule has 0 aromatic heterocycles. The molecule has 4 aliphatic rings. The van der Waals surface area contributed by atoms with Gasteiger partial charge in [0.1, 0.15) is 5.78 Å². The maximum absolute atomic E-state index is 13.3. The largest absolute Gasteiger partial charge is 0.457 e. The number of benzene rings is 1. The molecule has 1 aromatic rings. The Morgan fingerprint density at radius 2 is 1.86 bits per heavy atom. The minimum absolute atomic E-state index is 0.0410. The van der Waals surface area contributed by atoms with Gasteiger partial charge in [0.2, 0.25) is 0 Å². The standard InChI is InChI=1S/C31H34F3NO2/c1-18-15-25-27-11-12-30(19(2)36,13-14-31(32,33)34)29(27,3)17-26(20-5-7-21(35-4)8-6-20)28(25)23-10-9-22(37)16-24(18)23/h5-8,16,18,25-27,35H,9-12,15,17H2,1-4H3/t18?,25-,26+,27-,29-,30-/m0/s1. The molecule has 2 fully saturated rings. The number of ketones is 2. The number of allylic oxidation sites excluding steroid dienone is 4. The average Bonchev–Trinajstić information content (AvgIpc) is 3.15. The summed E-state index contributed by atoms with van der Waals surface area (Å²) in [5.41, 5.74) is 3.82.